The highest BCUT2D eigenvalue weighted by Gasteiger charge is 2.32. The Morgan fingerprint density at radius 2 is 2.00 bits per heavy atom. The van der Waals surface area contributed by atoms with Gasteiger partial charge in [0.25, 0.3) is 0 Å². The summed E-state index contributed by atoms with van der Waals surface area (Å²) in [4.78, 5) is 24.5. The maximum Gasteiger partial charge on any atom is 0.337 e. The van der Waals surface area contributed by atoms with Gasteiger partial charge in [0.2, 0.25) is 0 Å². The van der Waals surface area contributed by atoms with Gasteiger partial charge in [-0.15, -0.1) is 6.42 Å². The number of carbonyl (C=O) groups is 2. The number of aliphatic hydroxyl groups excluding tert-OH is 1. The van der Waals surface area contributed by atoms with Gasteiger partial charge in [0, 0.05) is 11.3 Å². The second-order valence-corrected chi connectivity index (χ2v) is 7.95. The van der Waals surface area contributed by atoms with Gasteiger partial charge in [-0.25, -0.2) is 9.59 Å². The topological polar surface area (TPSA) is 140 Å². The summed E-state index contributed by atoms with van der Waals surface area (Å²) in [5, 5.41) is 19.6. The van der Waals surface area contributed by atoms with E-state index in [1.54, 1.807) is 37.3 Å². The monoisotopic (exact) mass is 522 g/mol. The molecule has 0 unspecified atom stereocenters. The number of hydrogen-bond donors (Lipinski definition) is 4. The zero-order chi connectivity index (χ0) is 27.5. The van der Waals surface area contributed by atoms with Gasteiger partial charge in [-0.2, -0.15) is 5.10 Å². The van der Waals surface area contributed by atoms with Gasteiger partial charge in [-0.1, -0.05) is 24.1 Å². The lowest BCUT2D eigenvalue weighted by molar-refractivity contribution is -0.136. The van der Waals surface area contributed by atoms with Crippen LogP contribution in [-0.2, 0) is 9.53 Å². The summed E-state index contributed by atoms with van der Waals surface area (Å²) in [6.07, 6.45) is 5.60. The molecule has 2 amide bonds. The number of terminal acetylenes is 1. The van der Waals surface area contributed by atoms with E-state index in [-0.39, 0.29) is 18.8 Å². The van der Waals surface area contributed by atoms with Crippen molar-refractivity contribution < 1.29 is 33.6 Å². The number of para-hydroxylation sites is 1. The summed E-state index contributed by atoms with van der Waals surface area (Å²) < 4.78 is 21.8. The average Bonchev–Trinajstić information content (AvgIpc) is 2.91. The maximum atomic E-state index is 12.4. The molecule has 0 saturated carbocycles. The third kappa shape index (κ3) is 7.18. The lowest BCUT2D eigenvalue weighted by atomic mass is 9.95. The molecule has 2 aromatic carbocycles. The number of urea groups is 1. The molecular weight excluding hydrogens is 492 g/mol. The molecular formula is C27H30N4O7. The van der Waals surface area contributed by atoms with Crippen LogP contribution in [0.4, 0.5) is 4.79 Å². The molecule has 0 fully saturated rings. The molecule has 4 N–H and O–H groups in total. The zero-order valence-electron chi connectivity index (χ0n) is 21.3. The predicted octanol–water partition coefficient (Wildman–Crippen LogP) is 2.22. The summed E-state index contributed by atoms with van der Waals surface area (Å²) >= 11 is 0. The first-order chi connectivity index (χ1) is 18.4. The molecule has 0 bridgehead atoms. The Hall–Kier alpha value is -4.69. The van der Waals surface area contributed by atoms with Gasteiger partial charge in [0.05, 0.1) is 31.5 Å². The number of amides is 2. The first-order valence-electron chi connectivity index (χ1n) is 11.8. The van der Waals surface area contributed by atoms with Crippen molar-refractivity contribution in [3.63, 3.8) is 0 Å². The van der Waals surface area contributed by atoms with Crippen molar-refractivity contribution >= 4 is 18.2 Å². The van der Waals surface area contributed by atoms with Crippen LogP contribution in [0.5, 0.6) is 17.2 Å². The molecule has 11 nitrogen and oxygen atoms in total. The first kappa shape index (κ1) is 27.9. The fraction of sp³-hybridized carbons (Fsp3) is 0.296. The number of rotatable bonds is 12. The van der Waals surface area contributed by atoms with Gasteiger partial charge in [-0.3, -0.25) is 5.43 Å². The van der Waals surface area contributed by atoms with Crippen molar-refractivity contribution in [2.75, 3.05) is 26.9 Å². The minimum absolute atomic E-state index is 0.125. The molecule has 0 saturated heterocycles. The number of benzene rings is 2. The van der Waals surface area contributed by atoms with E-state index in [1.165, 1.54) is 13.3 Å². The van der Waals surface area contributed by atoms with Crippen molar-refractivity contribution in [3.05, 3.63) is 64.9 Å². The number of esters is 1. The lowest BCUT2D eigenvalue weighted by Crippen LogP contribution is -2.45. The molecule has 1 heterocycles. The summed E-state index contributed by atoms with van der Waals surface area (Å²) in [6.45, 7) is 3.74. The average molecular weight is 523 g/mol. The molecule has 0 radical (unpaired) electrons. The van der Waals surface area contributed by atoms with E-state index in [1.807, 2.05) is 19.1 Å². The molecule has 3 rings (SSSR count). The van der Waals surface area contributed by atoms with Crippen LogP contribution in [0.25, 0.3) is 0 Å². The van der Waals surface area contributed by atoms with Gasteiger partial charge in [0.15, 0.2) is 17.7 Å². The largest absolute Gasteiger partial charge is 0.490 e. The molecule has 2 aromatic rings. The van der Waals surface area contributed by atoms with Crippen molar-refractivity contribution in [2.24, 2.45) is 5.10 Å². The Balaban J connectivity index is 1.69. The lowest BCUT2D eigenvalue weighted by Gasteiger charge is -2.28. The number of hydrazone groups is 1. The van der Waals surface area contributed by atoms with Crippen LogP contribution in [0.2, 0.25) is 0 Å². The highest BCUT2D eigenvalue weighted by atomic mass is 16.5. The summed E-state index contributed by atoms with van der Waals surface area (Å²) in [7, 11) is 1.27. The van der Waals surface area contributed by atoms with Gasteiger partial charge in [0.1, 0.15) is 19.0 Å². The Bertz CT molecular complexity index is 1250. The van der Waals surface area contributed by atoms with Crippen molar-refractivity contribution in [2.45, 2.75) is 26.1 Å². The number of ether oxygens (including phenoxy) is 4. The van der Waals surface area contributed by atoms with E-state index in [0.717, 1.165) is 0 Å². The van der Waals surface area contributed by atoms with Crippen molar-refractivity contribution in [3.8, 4) is 29.6 Å². The molecule has 1 aliphatic heterocycles. The molecule has 0 aliphatic carbocycles. The minimum Gasteiger partial charge on any atom is -0.490 e. The van der Waals surface area contributed by atoms with Gasteiger partial charge >= 0.3 is 12.0 Å². The van der Waals surface area contributed by atoms with E-state index in [9.17, 15) is 14.7 Å². The number of methoxy groups -OCH3 is 1. The van der Waals surface area contributed by atoms with Crippen LogP contribution in [0.15, 0.2) is 58.8 Å². The predicted molar refractivity (Wildman–Crippen MR) is 140 cm³/mol. The van der Waals surface area contributed by atoms with Gasteiger partial charge < -0.3 is 34.7 Å². The van der Waals surface area contributed by atoms with Crippen LogP contribution in [-0.4, -0.2) is 56.5 Å². The number of aliphatic hydroxyl groups is 1. The molecule has 200 valence electrons. The number of carbonyl (C=O) groups excluding carboxylic acids is 2. The Kier molecular flexibility index (Phi) is 9.96. The van der Waals surface area contributed by atoms with Crippen LogP contribution < -0.4 is 30.3 Å². The summed E-state index contributed by atoms with van der Waals surface area (Å²) in [5.74, 6) is 3.12. The van der Waals surface area contributed by atoms with Crippen molar-refractivity contribution in [1.82, 2.24) is 16.1 Å². The van der Waals surface area contributed by atoms with Crippen LogP contribution >= 0.6 is 0 Å². The second-order valence-electron chi connectivity index (χ2n) is 7.95. The minimum atomic E-state index is -1.14. The zero-order valence-corrected chi connectivity index (χ0v) is 21.3. The Labute approximate surface area is 220 Å². The first-order valence-corrected chi connectivity index (χ1v) is 11.8. The maximum absolute atomic E-state index is 12.4. The van der Waals surface area contributed by atoms with E-state index >= 15 is 0 Å². The van der Waals surface area contributed by atoms with Crippen LogP contribution in [0.1, 0.15) is 31.0 Å². The van der Waals surface area contributed by atoms with Gasteiger partial charge in [-0.05, 0) is 43.7 Å². The molecule has 0 aromatic heterocycles. The standard InChI is InChI=1S/C27H30N4O7/c1-5-13-37-20-10-8-7-9-19(20)15-28-31-23(32)16-38-21-12-11-18(14-22(21)36-6-2)25-24(26(33)35-4)17(3)29-27(34)30-25/h1,7-12,14-15,23,25,31-32H,6,13,16H2,2-4H3,(H2,29,30,34)/b28-15+/t23-,25-/m0/s1. The van der Waals surface area contributed by atoms with E-state index < -0.39 is 24.3 Å². The fourth-order valence-electron chi connectivity index (χ4n) is 3.65. The SMILES string of the molecule is C#CCOc1ccccc1/C=N/N[C@@H](O)COc1ccc([C@@H]2NC(=O)NC(C)=C2C(=O)OC)cc1OCC. The molecule has 1 aliphatic rings. The molecule has 0 spiro atoms. The second kappa shape index (κ2) is 13.6. The highest BCUT2D eigenvalue weighted by Crippen LogP contribution is 2.34. The molecule has 2 atom stereocenters. The third-order valence-electron chi connectivity index (χ3n) is 5.33. The highest BCUT2D eigenvalue weighted by molar-refractivity contribution is 5.95. The fourth-order valence-corrected chi connectivity index (χ4v) is 3.65. The Morgan fingerprint density at radius 1 is 1.21 bits per heavy atom. The van der Waals surface area contributed by atoms with Crippen molar-refractivity contribution in [1.29, 1.82) is 0 Å². The number of nitrogens with one attached hydrogen (secondary N) is 3. The van der Waals surface area contributed by atoms with E-state index in [2.05, 4.69) is 27.1 Å². The summed E-state index contributed by atoms with van der Waals surface area (Å²) in [5.41, 5.74) is 4.51. The number of nitrogens with zero attached hydrogens (tertiary/aromatic N) is 1. The number of allylic oxidation sites excluding steroid dienone is 1. The normalized spacial score (nSPS) is 15.7. The molecule has 11 heteroatoms. The Morgan fingerprint density at radius 3 is 2.74 bits per heavy atom. The third-order valence-corrected chi connectivity index (χ3v) is 5.33. The van der Waals surface area contributed by atoms with Crippen LogP contribution in [0, 0.1) is 12.3 Å². The number of hydrogen-bond acceptors (Lipinski definition) is 9. The van der Waals surface area contributed by atoms with E-state index in [4.69, 9.17) is 25.4 Å². The smallest absolute Gasteiger partial charge is 0.337 e. The van der Waals surface area contributed by atoms with E-state index in [0.29, 0.717) is 40.7 Å². The van der Waals surface area contributed by atoms with Crippen LogP contribution in [0.3, 0.4) is 0 Å². The quantitative estimate of drug-likeness (QED) is 0.109. The summed E-state index contributed by atoms with van der Waals surface area (Å²) in [6, 6.07) is 11.0. The molecule has 38 heavy (non-hydrogen) atoms.